The summed E-state index contributed by atoms with van der Waals surface area (Å²) in [6.45, 7) is 0.665. The second-order valence-electron chi connectivity index (χ2n) is 4.39. The number of ether oxygens (including phenoxy) is 3. The van der Waals surface area contributed by atoms with Crippen LogP contribution in [0.5, 0.6) is 17.2 Å². The molecule has 0 aliphatic heterocycles. The fourth-order valence-electron chi connectivity index (χ4n) is 1.94. The molecule has 0 fully saturated rings. The van der Waals surface area contributed by atoms with Crippen molar-refractivity contribution in [3.63, 3.8) is 0 Å². The van der Waals surface area contributed by atoms with Crippen LogP contribution in [0, 0.1) is 0 Å². The standard InChI is InChI=1S/C14H20F3NO3/c1-19-11-6-5-10(12(20-2)13(11)21-3)9-18-8-4-7-14(15,16)17/h5-6,18H,4,7-9H2,1-3H3. The summed E-state index contributed by atoms with van der Waals surface area (Å²) < 4.78 is 51.8. The lowest BCUT2D eigenvalue weighted by Gasteiger charge is -2.16. The van der Waals surface area contributed by atoms with Crippen molar-refractivity contribution in [2.24, 2.45) is 0 Å². The first-order valence-corrected chi connectivity index (χ1v) is 6.48. The first-order valence-electron chi connectivity index (χ1n) is 6.48. The highest BCUT2D eigenvalue weighted by Gasteiger charge is 2.25. The summed E-state index contributed by atoms with van der Waals surface area (Å²) >= 11 is 0. The van der Waals surface area contributed by atoms with E-state index in [1.165, 1.54) is 21.3 Å². The Bertz CT molecular complexity index is 450. The predicted molar refractivity (Wildman–Crippen MR) is 73.1 cm³/mol. The van der Waals surface area contributed by atoms with E-state index in [0.717, 1.165) is 5.56 Å². The first kappa shape index (κ1) is 17.4. The molecule has 1 N–H and O–H groups in total. The van der Waals surface area contributed by atoms with Crippen LogP contribution < -0.4 is 19.5 Å². The van der Waals surface area contributed by atoms with E-state index in [2.05, 4.69) is 5.32 Å². The van der Waals surface area contributed by atoms with Gasteiger partial charge in [0, 0.05) is 18.5 Å². The monoisotopic (exact) mass is 307 g/mol. The van der Waals surface area contributed by atoms with Crippen LogP contribution in [0.1, 0.15) is 18.4 Å². The van der Waals surface area contributed by atoms with Gasteiger partial charge in [-0.2, -0.15) is 13.2 Å². The summed E-state index contributed by atoms with van der Waals surface area (Å²) in [5, 5.41) is 2.96. The van der Waals surface area contributed by atoms with Gasteiger partial charge >= 0.3 is 6.18 Å². The zero-order valence-corrected chi connectivity index (χ0v) is 12.3. The normalized spacial score (nSPS) is 11.3. The number of halogens is 3. The van der Waals surface area contributed by atoms with Gasteiger partial charge in [-0.1, -0.05) is 6.07 Å². The Balaban J connectivity index is 2.63. The van der Waals surface area contributed by atoms with Gasteiger partial charge in [-0.3, -0.25) is 0 Å². The number of benzene rings is 1. The van der Waals surface area contributed by atoms with Crippen molar-refractivity contribution in [1.29, 1.82) is 0 Å². The van der Waals surface area contributed by atoms with Crippen LogP contribution in [-0.2, 0) is 6.54 Å². The lowest BCUT2D eigenvalue weighted by molar-refractivity contribution is -0.135. The molecule has 0 saturated heterocycles. The van der Waals surface area contributed by atoms with Crippen LogP contribution in [0.4, 0.5) is 13.2 Å². The van der Waals surface area contributed by atoms with Crippen LogP contribution in [0.2, 0.25) is 0 Å². The summed E-state index contributed by atoms with van der Waals surface area (Å²) in [5.74, 6) is 1.52. The molecule has 0 spiro atoms. The molecule has 0 atom stereocenters. The Labute approximate surface area is 122 Å². The molecule has 21 heavy (non-hydrogen) atoms. The molecular weight excluding hydrogens is 287 g/mol. The number of alkyl halides is 3. The van der Waals surface area contributed by atoms with Gasteiger partial charge in [-0.25, -0.2) is 0 Å². The van der Waals surface area contributed by atoms with Crippen LogP contribution in [0.3, 0.4) is 0 Å². The molecule has 120 valence electrons. The highest BCUT2D eigenvalue weighted by atomic mass is 19.4. The Kier molecular flexibility index (Phi) is 6.61. The number of nitrogens with one attached hydrogen (secondary N) is 1. The molecule has 0 radical (unpaired) electrons. The van der Waals surface area contributed by atoms with E-state index in [-0.39, 0.29) is 13.0 Å². The minimum Gasteiger partial charge on any atom is -0.493 e. The predicted octanol–water partition coefficient (Wildman–Crippen LogP) is 3.14. The smallest absolute Gasteiger partial charge is 0.389 e. The zero-order valence-electron chi connectivity index (χ0n) is 12.3. The Hall–Kier alpha value is -1.63. The van der Waals surface area contributed by atoms with E-state index in [1.807, 2.05) is 0 Å². The van der Waals surface area contributed by atoms with Gasteiger partial charge in [0.15, 0.2) is 11.5 Å². The van der Waals surface area contributed by atoms with E-state index in [4.69, 9.17) is 14.2 Å². The summed E-state index contributed by atoms with van der Waals surface area (Å²) in [4.78, 5) is 0. The number of methoxy groups -OCH3 is 3. The third kappa shape index (κ3) is 5.34. The second-order valence-corrected chi connectivity index (χ2v) is 4.39. The molecule has 1 aromatic rings. The van der Waals surface area contributed by atoms with Crippen LogP contribution >= 0.6 is 0 Å². The molecule has 0 saturated carbocycles. The van der Waals surface area contributed by atoms with Crippen LogP contribution in [0.25, 0.3) is 0 Å². The molecule has 0 aromatic heterocycles. The van der Waals surface area contributed by atoms with Crippen molar-refractivity contribution in [1.82, 2.24) is 5.32 Å². The molecule has 0 bridgehead atoms. The SMILES string of the molecule is COc1ccc(CNCCCC(F)(F)F)c(OC)c1OC. The quantitative estimate of drug-likeness (QED) is 0.749. The van der Waals surface area contributed by atoms with Gasteiger partial charge in [0.05, 0.1) is 21.3 Å². The fraction of sp³-hybridized carbons (Fsp3) is 0.571. The number of hydrogen-bond donors (Lipinski definition) is 1. The van der Waals surface area contributed by atoms with Crippen molar-refractivity contribution >= 4 is 0 Å². The summed E-state index contributed by atoms with van der Waals surface area (Å²) in [6.07, 6.45) is -4.86. The Morgan fingerprint density at radius 3 is 2.19 bits per heavy atom. The average molecular weight is 307 g/mol. The van der Waals surface area contributed by atoms with E-state index in [0.29, 0.717) is 23.8 Å². The largest absolute Gasteiger partial charge is 0.493 e. The van der Waals surface area contributed by atoms with Crippen LogP contribution in [0.15, 0.2) is 12.1 Å². The van der Waals surface area contributed by atoms with Gasteiger partial charge in [-0.15, -0.1) is 0 Å². The van der Waals surface area contributed by atoms with Crippen LogP contribution in [-0.4, -0.2) is 34.1 Å². The molecule has 4 nitrogen and oxygen atoms in total. The molecule has 1 aromatic carbocycles. The number of hydrogen-bond acceptors (Lipinski definition) is 4. The molecular formula is C14H20F3NO3. The lowest BCUT2D eigenvalue weighted by atomic mass is 10.1. The topological polar surface area (TPSA) is 39.7 Å². The van der Waals surface area contributed by atoms with E-state index < -0.39 is 12.6 Å². The van der Waals surface area contributed by atoms with Gasteiger partial charge < -0.3 is 19.5 Å². The molecule has 0 amide bonds. The average Bonchev–Trinajstić information content (AvgIpc) is 2.44. The van der Waals surface area contributed by atoms with Crippen molar-refractivity contribution in [2.45, 2.75) is 25.6 Å². The van der Waals surface area contributed by atoms with Gasteiger partial charge in [-0.05, 0) is 19.0 Å². The third-order valence-corrected chi connectivity index (χ3v) is 2.91. The molecule has 7 heteroatoms. The highest BCUT2D eigenvalue weighted by molar-refractivity contribution is 5.55. The first-order chi connectivity index (χ1) is 9.92. The van der Waals surface area contributed by atoms with Crippen molar-refractivity contribution in [3.8, 4) is 17.2 Å². The minimum absolute atomic E-state index is 0.0408. The highest BCUT2D eigenvalue weighted by Crippen LogP contribution is 2.39. The third-order valence-electron chi connectivity index (χ3n) is 2.91. The van der Waals surface area contributed by atoms with E-state index in [9.17, 15) is 13.2 Å². The summed E-state index contributed by atoms with van der Waals surface area (Å²) in [6, 6.07) is 3.52. The fourth-order valence-corrected chi connectivity index (χ4v) is 1.94. The molecule has 0 aliphatic carbocycles. The summed E-state index contributed by atoms with van der Waals surface area (Å²) in [5.41, 5.74) is 0.794. The second kappa shape index (κ2) is 7.97. The van der Waals surface area contributed by atoms with E-state index >= 15 is 0 Å². The molecule has 0 unspecified atom stereocenters. The number of rotatable bonds is 8. The maximum atomic E-state index is 12.0. The van der Waals surface area contributed by atoms with Gasteiger partial charge in [0.2, 0.25) is 5.75 Å². The van der Waals surface area contributed by atoms with Crippen molar-refractivity contribution < 1.29 is 27.4 Å². The zero-order chi connectivity index (χ0) is 15.9. The Morgan fingerprint density at radius 1 is 1.00 bits per heavy atom. The van der Waals surface area contributed by atoms with E-state index in [1.54, 1.807) is 12.1 Å². The molecule has 1 rings (SSSR count). The maximum absolute atomic E-state index is 12.0. The summed E-state index contributed by atoms with van der Waals surface area (Å²) in [7, 11) is 4.53. The Morgan fingerprint density at radius 2 is 1.67 bits per heavy atom. The van der Waals surface area contributed by atoms with Gasteiger partial charge in [0.25, 0.3) is 0 Å². The van der Waals surface area contributed by atoms with Crippen molar-refractivity contribution in [2.75, 3.05) is 27.9 Å². The molecule has 0 heterocycles. The van der Waals surface area contributed by atoms with Gasteiger partial charge in [0.1, 0.15) is 0 Å². The van der Waals surface area contributed by atoms with Crippen molar-refractivity contribution in [3.05, 3.63) is 17.7 Å². The minimum atomic E-state index is -4.11. The molecule has 0 aliphatic rings. The lowest BCUT2D eigenvalue weighted by Crippen LogP contribution is -2.18. The maximum Gasteiger partial charge on any atom is 0.389 e.